The van der Waals surface area contributed by atoms with Crippen molar-refractivity contribution in [1.29, 1.82) is 0 Å². The molecular formula is C79H127F23O38. The van der Waals surface area contributed by atoms with Gasteiger partial charge in [0.2, 0.25) is 17.8 Å². The molecule has 5 atom stereocenters. The van der Waals surface area contributed by atoms with Gasteiger partial charge >= 0.3 is 138 Å². The minimum Gasteiger partial charge on any atom is -0.469 e. The molecule has 1 fully saturated rings. The summed E-state index contributed by atoms with van der Waals surface area (Å²) in [4.78, 5) is 140. The zero-order chi connectivity index (χ0) is 112. The van der Waals surface area contributed by atoms with Gasteiger partial charge in [-0.05, 0) is 87.0 Å². The van der Waals surface area contributed by atoms with Gasteiger partial charge in [-0.15, -0.1) is 0 Å². The molecule has 1 aliphatic rings. The number of esters is 10. The number of rotatable bonds is 46. The van der Waals surface area contributed by atoms with E-state index in [1.54, 1.807) is 27.7 Å². The second-order valence-electron chi connectivity index (χ2n) is 27.4. The van der Waals surface area contributed by atoms with Gasteiger partial charge in [-0.3, -0.25) is 33.6 Å². The number of aliphatic hydroxyl groups excluding tert-OH is 1. The second-order valence-corrected chi connectivity index (χ2v) is 27.4. The highest BCUT2D eigenvalue weighted by molar-refractivity contribution is 5.84. The number of ether oxygens (including phenoxy) is 23. The van der Waals surface area contributed by atoms with E-state index in [1.165, 1.54) is 35.5 Å². The van der Waals surface area contributed by atoms with Crippen LogP contribution >= 0.6 is 0 Å². The molecule has 1 saturated carbocycles. The molecule has 0 saturated heterocycles. The zero-order valence-electron chi connectivity index (χ0n) is 80.8. The second kappa shape index (κ2) is 76.3. The maximum absolute atomic E-state index is 13.5. The lowest BCUT2D eigenvalue weighted by molar-refractivity contribution is -0.357. The van der Waals surface area contributed by atoms with E-state index in [0.717, 1.165) is 19.8 Å². The molecule has 2 N–H and O–H groups in total. The lowest BCUT2D eigenvalue weighted by Crippen LogP contribution is -2.58. The maximum atomic E-state index is 13.5. The van der Waals surface area contributed by atoms with E-state index < -0.39 is 227 Å². The first-order valence-electron chi connectivity index (χ1n) is 40.8. The standard InChI is InChI=1S/C15H21F5O5.C10H13F5O5.C10H16F2O5.C8H11F5O4.C8H14F2O4.C7H12F2O3.C6H10F2O3.C6H12O3.C5H10O3.C4H8O3/c1-13(16,17)8-9-24-14(12(22)23-2,15(18,19)20)25-11(21)10-6-4-3-5-7-10;1-6(16)20-9(7(17)18-3,10(13,14)15)19-5-4-8(2,11)12;1-7(13)17-8(4-5-9(14)15-3)6-16-10(2,11)12;1-6(9,10)3-4-17-7(15,5(14)16-2)8(11,12)13;1-8(9,10)14-5-6(11)3-4-7(12)13-2;1-7(8,9)12-5-3-4-6(10)11-2;1-6(7,8)11-4-3-5(9)10-2;1-3-5-9-6(7)8-4-2;1-3-7-5(6)8-4-2;1-3-7-4(5)6-2/h10H,3-9H2,1-2H3;4-5H2,1-3H3;8H,4-6H2,1-3H3;15H,3-4H2,1-2H3;6,11H,3-5H2,1-2H3;3-5H2,1-2H3;3-4H2,1-2H3;3-5H2,1-2H3;3-4H2,1-2H3;3H2,1-2H3. The Bertz CT molecular complexity index is 3390. The van der Waals surface area contributed by atoms with Crippen LogP contribution in [0.2, 0.25) is 0 Å². The number of hydrogen-bond donors (Lipinski definition) is 2. The third kappa shape index (κ3) is 87.5. The summed E-state index contributed by atoms with van der Waals surface area (Å²) in [5.41, 5.74) is 0. The van der Waals surface area contributed by atoms with E-state index in [4.69, 9.17) is 14.9 Å². The van der Waals surface area contributed by atoms with E-state index in [2.05, 4.69) is 104 Å². The van der Waals surface area contributed by atoms with Crippen LogP contribution in [0, 0.1) is 5.92 Å². The van der Waals surface area contributed by atoms with Crippen LogP contribution in [0.25, 0.3) is 0 Å². The third-order valence-corrected chi connectivity index (χ3v) is 14.3. The first-order chi connectivity index (χ1) is 63.6. The van der Waals surface area contributed by atoms with Gasteiger partial charge < -0.3 is 119 Å². The Balaban J connectivity index is -0.000000199. The van der Waals surface area contributed by atoms with Crippen LogP contribution < -0.4 is 0 Å². The number of methoxy groups -OCH3 is 8. The molecule has 0 spiro atoms. The predicted octanol–water partition coefficient (Wildman–Crippen LogP) is 15.8. The van der Waals surface area contributed by atoms with Gasteiger partial charge in [0, 0.05) is 80.1 Å². The highest BCUT2D eigenvalue weighted by Crippen LogP contribution is 2.41. The molecule has 140 heavy (non-hydrogen) atoms. The molecule has 5 unspecified atom stereocenters. The van der Waals surface area contributed by atoms with Crippen LogP contribution in [-0.2, 0) is 157 Å². The van der Waals surface area contributed by atoms with Gasteiger partial charge in [0.1, 0.15) is 6.10 Å². The summed E-state index contributed by atoms with van der Waals surface area (Å²) >= 11 is 0. The molecule has 0 aliphatic heterocycles. The summed E-state index contributed by atoms with van der Waals surface area (Å²) in [7, 11) is 7.98. The molecular weight excluding hydrogens is 1990 g/mol. The Hall–Kier alpha value is -9.46. The fourth-order valence-electron chi connectivity index (χ4n) is 7.85. The molecule has 0 aromatic heterocycles. The van der Waals surface area contributed by atoms with E-state index >= 15 is 0 Å². The summed E-state index contributed by atoms with van der Waals surface area (Å²) in [6.07, 6.45) is -32.5. The van der Waals surface area contributed by atoms with Gasteiger partial charge in [0.05, 0.1) is 155 Å². The number of halogens is 23. The average Bonchev–Trinajstić information content (AvgIpc) is 0.780. The van der Waals surface area contributed by atoms with Crippen molar-refractivity contribution in [3.8, 4) is 0 Å². The minimum atomic E-state index is -5.49. The topological polar surface area (TPSA) is 475 Å². The quantitative estimate of drug-likeness (QED) is 0.0188. The van der Waals surface area contributed by atoms with Crippen LogP contribution in [-0.4, -0.2) is 315 Å². The Morgan fingerprint density at radius 1 is 0.336 bits per heavy atom. The van der Waals surface area contributed by atoms with Crippen LogP contribution in [0.15, 0.2) is 0 Å². The number of carbonyl (C=O) groups is 13. The van der Waals surface area contributed by atoms with Gasteiger partial charge in [0.25, 0.3) is 0 Å². The summed E-state index contributed by atoms with van der Waals surface area (Å²) in [6.45, 7) is 11.5. The first kappa shape index (κ1) is 148. The highest BCUT2D eigenvalue weighted by Gasteiger charge is 2.69. The van der Waals surface area contributed by atoms with E-state index in [9.17, 15) is 163 Å². The van der Waals surface area contributed by atoms with Crippen molar-refractivity contribution in [3.05, 3.63) is 0 Å². The van der Waals surface area contributed by atoms with Gasteiger partial charge in [0.15, 0.2) is 0 Å². The number of carbonyl (C=O) groups excluding carboxylic acids is 13. The van der Waals surface area contributed by atoms with Gasteiger partial charge in [-0.25, -0.2) is 55.1 Å². The van der Waals surface area contributed by atoms with Crippen molar-refractivity contribution in [3.63, 3.8) is 0 Å². The summed E-state index contributed by atoms with van der Waals surface area (Å²) in [5, 5.41) is 18.0. The zero-order valence-corrected chi connectivity index (χ0v) is 80.8. The Morgan fingerprint density at radius 3 is 0.986 bits per heavy atom. The molecule has 1 aliphatic carbocycles. The van der Waals surface area contributed by atoms with E-state index in [-0.39, 0.29) is 58.2 Å². The fourth-order valence-corrected chi connectivity index (χ4v) is 7.85. The van der Waals surface area contributed by atoms with Crippen molar-refractivity contribution in [1.82, 2.24) is 0 Å². The lowest BCUT2D eigenvalue weighted by Gasteiger charge is -2.33. The van der Waals surface area contributed by atoms with Crippen molar-refractivity contribution in [2.24, 2.45) is 5.92 Å². The van der Waals surface area contributed by atoms with Crippen molar-refractivity contribution in [2.45, 2.75) is 290 Å². The number of hydrogen-bond acceptors (Lipinski definition) is 38. The van der Waals surface area contributed by atoms with Gasteiger partial charge in [-0.2, -0.15) is 74.6 Å². The SMILES string of the molecule is CCCOC(=O)OCC.CCOC(=O)OC.CCOC(=O)OCC.COC(=O)C(O)(OCCC(C)(F)F)C(F)(F)F.COC(=O)C(OCCC(C)(F)F)(OC(=O)C1CCCCC1)C(F)(F)F.COC(=O)C(OCCC(C)(F)F)(OC(C)=O)C(F)(F)F.COC(=O)CCC(COC(C)(F)F)OC(C)=O.COC(=O)CCC(O)COC(C)(F)F.COC(=O)CCCOC(C)(F)F.COC(=O)CCOC(C)(F)F. The largest absolute Gasteiger partial charge is 0.508 e. The Morgan fingerprint density at radius 2 is 0.671 bits per heavy atom. The smallest absolute Gasteiger partial charge is 0.469 e. The summed E-state index contributed by atoms with van der Waals surface area (Å²) in [6, 6.07) is 0. The third-order valence-electron chi connectivity index (χ3n) is 14.3. The maximum Gasteiger partial charge on any atom is 0.508 e. The Kier molecular flexibility index (Phi) is 80.8. The lowest BCUT2D eigenvalue weighted by atomic mass is 9.89. The fraction of sp³-hybridized carbons (Fsp3) is 0.835. The molecule has 0 bridgehead atoms. The van der Waals surface area contributed by atoms with Crippen LogP contribution in [0.4, 0.5) is 115 Å². The summed E-state index contributed by atoms with van der Waals surface area (Å²) < 4.78 is 385. The molecule has 0 amide bonds. The monoisotopic (exact) mass is 2120 g/mol. The van der Waals surface area contributed by atoms with Crippen LogP contribution in [0.1, 0.15) is 200 Å². The molecule has 61 heteroatoms. The van der Waals surface area contributed by atoms with Gasteiger partial charge in [-0.1, -0.05) is 26.2 Å². The Labute approximate surface area is 790 Å². The highest BCUT2D eigenvalue weighted by atomic mass is 19.4. The molecule has 0 heterocycles. The normalized spacial score (nSPS) is 13.8. The molecule has 832 valence electrons. The summed E-state index contributed by atoms with van der Waals surface area (Å²) in [5.74, 6) is -34.6. The number of alkyl halides is 23. The van der Waals surface area contributed by atoms with E-state index in [1.807, 2.05) is 6.92 Å². The van der Waals surface area contributed by atoms with Crippen LogP contribution in [0.5, 0.6) is 0 Å². The molecule has 0 radical (unpaired) electrons. The molecule has 1 rings (SSSR count). The van der Waals surface area contributed by atoms with Crippen molar-refractivity contribution < 1.29 is 282 Å². The van der Waals surface area contributed by atoms with E-state index in [0.29, 0.717) is 135 Å². The van der Waals surface area contributed by atoms with Crippen molar-refractivity contribution in [2.75, 3.05) is 136 Å². The first-order valence-corrected chi connectivity index (χ1v) is 40.8. The van der Waals surface area contributed by atoms with Crippen molar-refractivity contribution >= 4 is 78.2 Å². The van der Waals surface area contributed by atoms with Crippen LogP contribution in [0.3, 0.4) is 0 Å². The number of aliphatic hydroxyl groups is 2. The molecule has 0 aromatic rings. The molecule has 38 nitrogen and oxygen atoms in total. The minimum absolute atomic E-state index is 0.0175. The molecule has 0 aromatic carbocycles. The predicted molar refractivity (Wildman–Crippen MR) is 427 cm³/mol. The average molecular weight is 2120 g/mol.